The molecule has 6 nitrogen and oxygen atoms in total. The van der Waals surface area contributed by atoms with E-state index in [1.54, 1.807) is 14.2 Å². The molecule has 0 unspecified atom stereocenters. The summed E-state index contributed by atoms with van der Waals surface area (Å²) in [4.78, 5) is 16.1. The van der Waals surface area contributed by atoms with Crippen LogP contribution in [-0.2, 0) is 17.5 Å². The number of aliphatic hydroxyl groups excluding tert-OH is 1. The minimum absolute atomic E-state index is 0.0159. The summed E-state index contributed by atoms with van der Waals surface area (Å²) >= 11 is 6.32. The van der Waals surface area contributed by atoms with Gasteiger partial charge in [-0.25, -0.2) is 4.79 Å². The van der Waals surface area contributed by atoms with Crippen LogP contribution in [0.3, 0.4) is 0 Å². The quantitative estimate of drug-likeness (QED) is 0.423. The number of hydrogen-bond acceptors (Lipinski definition) is 4. The second kappa shape index (κ2) is 13.1. The fraction of sp³-hybridized carbons (Fsp3) is 0.480. The molecule has 3 atom stereocenters. The van der Waals surface area contributed by atoms with Crippen molar-refractivity contribution in [3.8, 4) is 0 Å². The highest BCUT2D eigenvalue weighted by molar-refractivity contribution is 6.31. The van der Waals surface area contributed by atoms with E-state index in [1.165, 1.54) is 17.0 Å². The van der Waals surface area contributed by atoms with Crippen molar-refractivity contribution < 1.29 is 27.8 Å². The number of hydrogen-bond donors (Lipinski definition) is 2. The van der Waals surface area contributed by atoms with E-state index >= 15 is 0 Å². The van der Waals surface area contributed by atoms with Crippen molar-refractivity contribution in [1.82, 2.24) is 9.80 Å². The first-order valence-corrected chi connectivity index (χ1v) is 11.6. The second-order valence-electron chi connectivity index (χ2n) is 8.69. The lowest BCUT2D eigenvalue weighted by molar-refractivity contribution is -0.137. The predicted octanol–water partition coefficient (Wildman–Crippen LogP) is 5.36. The van der Waals surface area contributed by atoms with Crippen LogP contribution in [0, 0.1) is 5.92 Å². The van der Waals surface area contributed by atoms with Crippen molar-refractivity contribution in [2.45, 2.75) is 38.7 Å². The summed E-state index contributed by atoms with van der Waals surface area (Å²) in [6, 6.07) is 11.2. The van der Waals surface area contributed by atoms with E-state index < -0.39 is 17.8 Å². The van der Waals surface area contributed by atoms with Gasteiger partial charge in [-0.3, -0.25) is 4.90 Å². The van der Waals surface area contributed by atoms with Gasteiger partial charge in [0.25, 0.3) is 0 Å². The first kappa shape index (κ1) is 28.9. The average molecular weight is 516 g/mol. The minimum Gasteiger partial charge on any atom is -0.395 e. The SMILES string of the molecule is CO[C@@H](CN(C)C(=O)Nc1ccc(C(F)(F)F)cc1)[C@H](C)CN(Cc1ccccc1Cl)[C@H](C)CO. The molecule has 35 heavy (non-hydrogen) atoms. The summed E-state index contributed by atoms with van der Waals surface area (Å²) in [6.07, 6.45) is -4.76. The zero-order valence-electron chi connectivity index (χ0n) is 20.3. The highest BCUT2D eigenvalue weighted by Gasteiger charge is 2.30. The number of rotatable bonds is 11. The molecule has 2 amide bonds. The van der Waals surface area contributed by atoms with Crippen LogP contribution in [-0.4, -0.2) is 66.9 Å². The summed E-state index contributed by atoms with van der Waals surface area (Å²) in [5.41, 5.74) is 0.429. The number of nitrogens with zero attached hydrogens (tertiary/aromatic N) is 2. The molecule has 0 radical (unpaired) electrons. The van der Waals surface area contributed by atoms with Gasteiger partial charge in [0.2, 0.25) is 0 Å². The van der Waals surface area contributed by atoms with Gasteiger partial charge in [-0.2, -0.15) is 13.2 Å². The van der Waals surface area contributed by atoms with Crippen LogP contribution in [0.1, 0.15) is 25.0 Å². The smallest absolute Gasteiger partial charge is 0.395 e. The summed E-state index contributed by atoms with van der Waals surface area (Å²) < 4.78 is 43.9. The molecule has 0 aliphatic carbocycles. The Kier molecular flexibility index (Phi) is 10.8. The van der Waals surface area contributed by atoms with Crippen LogP contribution in [0.25, 0.3) is 0 Å². The molecular weight excluding hydrogens is 483 g/mol. The molecule has 0 saturated carbocycles. The molecule has 0 aliphatic rings. The Hall–Kier alpha value is -2.33. The molecule has 2 N–H and O–H groups in total. The van der Waals surface area contributed by atoms with Crippen LogP contribution >= 0.6 is 11.6 Å². The third-order valence-corrected chi connectivity index (χ3v) is 6.31. The first-order valence-electron chi connectivity index (χ1n) is 11.3. The zero-order valence-corrected chi connectivity index (χ0v) is 21.1. The predicted molar refractivity (Wildman–Crippen MR) is 131 cm³/mol. The van der Waals surface area contributed by atoms with Gasteiger partial charge < -0.3 is 20.1 Å². The number of likely N-dealkylation sites (N-methyl/N-ethyl adjacent to an activating group) is 1. The van der Waals surface area contributed by atoms with Crippen LogP contribution in [0.15, 0.2) is 48.5 Å². The maximum absolute atomic E-state index is 12.7. The van der Waals surface area contributed by atoms with E-state index in [1.807, 2.05) is 38.1 Å². The Morgan fingerprint density at radius 1 is 1.11 bits per heavy atom. The fourth-order valence-corrected chi connectivity index (χ4v) is 3.85. The van der Waals surface area contributed by atoms with Crippen molar-refractivity contribution in [1.29, 1.82) is 0 Å². The third kappa shape index (κ3) is 8.68. The highest BCUT2D eigenvalue weighted by atomic mass is 35.5. The Balaban J connectivity index is 2.00. The number of urea groups is 1. The van der Waals surface area contributed by atoms with Crippen molar-refractivity contribution in [3.05, 3.63) is 64.7 Å². The fourth-order valence-electron chi connectivity index (χ4n) is 3.65. The lowest BCUT2D eigenvalue weighted by atomic mass is 10.0. The lowest BCUT2D eigenvalue weighted by Crippen LogP contribution is -2.45. The minimum atomic E-state index is -4.44. The Morgan fingerprint density at radius 2 is 1.74 bits per heavy atom. The van der Waals surface area contributed by atoms with Crippen molar-refractivity contribution in [2.24, 2.45) is 5.92 Å². The summed E-state index contributed by atoms with van der Waals surface area (Å²) in [5.74, 6) is -0.0159. The van der Waals surface area contributed by atoms with Gasteiger partial charge in [0.15, 0.2) is 0 Å². The molecule has 194 valence electrons. The summed E-state index contributed by atoms with van der Waals surface area (Å²) in [6.45, 7) is 5.29. The third-order valence-electron chi connectivity index (χ3n) is 5.94. The molecule has 0 saturated heterocycles. The largest absolute Gasteiger partial charge is 0.416 e. The number of nitrogens with one attached hydrogen (secondary N) is 1. The van der Waals surface area contributed by atoms with E-state index in [4.69, 9.17) is 16.3 Å². The molecule has 0 bridgehead atoms. The molecule has 0 aliphatic heterocycles. The number of halogens is 4. The number of amides is 2. The van der Waals surface area contributed by atoms with E-state index in [9.17, 15) is 23.1 Å². The van der Waals surface area contributed by atoms with Crippen molar-refractivity contribution >= 4 is 23.3 Å². The maximum atomic E-state index is 12.7. The monoisotopic (exact) mass is 515 g/mol. The molecule has 2 rings (SSSR count). The number of alkyl halides is 3. The number of carbonyl (C=O) groups excluding carboxylic acids is 1. The van der Waals surface area contributed by atoms with Crippen LogP contribution in [0.2, 0.25) is 5.02 Å². The Bertz CT molecular complexity index is 944. The standard InChI is InChI=1S/C25H33ClF3N3O3/c1-17(13-32(18(2)16-33)14-19-7-5-6-8-22(19)26)23(35-4)15-31(3)24(34)30-21-11-9-20(10-12-21)25(27,28)29/h5-12,17-18,23,33H,13-16H2,1-4H3,(H,30,34)/t17-,18-,23+/m1/s1. The van der Waals surface area contributed by atoms with Crippen molar-refractivity contribution in [2.75, 3.05) is 39.2 Å². The molecular formula is C25H33ClF3N3O3. The van der Waals surface area contributed by atoms with E-state index in [-0.39, 0.29) is 36.9 Å². The summed E-state index contributed by atoms with van der Waals surface area (Å²) in [7, 11) is 3.16. The van der Waals surface area contributed by atoms with Crippen LogP contribution < -0.4 is 5.32 Å². The van der Waals surface area contributed by atoms with Gasteiger partial charge in [0.05, 0.1) is 18.3 Å². The number of benzene rings is 2. The zero-order chi connectivity index (χ0) is 26.2. The molecule has 0 fully saturated rings. The Morgan fingerprint density at radius 3 is 2.29 bits per heavy atom. The van der Waals surface area contributed by atoms with Crippen LogP contribution in [0.5, 0.6) is 0 Å². The van der Waals surface area contributed by atoms with Gasteiger partial charge in [0, 0.05) is 50.5 Å². The van der Waals surface area contributed by atoms with Gasteiger partial charge in [-0.1, -0.05) is 36.7 Å². The summed E-state index contributed by atoms with van der Waals surface area (Å²) in [5, 5.41) is 13.0. The average Bonchev–Trinajstić information content (AvgIpc) is 2.82. The number of carbonyl (C=O) groups is 1. The Labute approximate surface area is 209 Å². The number of methoxy groups -OCH3 is 1. The van der Waals surface area contributed by atoms with Gasteiger partial charge in [-0.05, 0) is 48.7 Å². The van der Waals surface area contributed by atoms with E-state index in [2.05, 4.69) is 10.2 Å². The number of aliphatic hydroxyl groups is 1. The molecule has 0 spiro atoms. The molecule has 10 heteroatoms. The van der Waals surface area contributed by atoms with Crippen molar-refractivity contribution in [3.63, 3.8) is 0 Å². The van der Waals surface area contributed by atoms with Gasteiger partial charge in [-0.15, -0.1) is 0 Å². The van der Waals surface area contributed by atoms with E-state index in [0.29, 0.717) is 18.1 Å². The van der Waals surface area contributed by atoms with E-state index in [0.717, 1.165) is 17.7 Å². The number of ether oxygens (including phenoxy) is 1. The molecule has 0 heterocycles. The van der Waals surface area contributed by atoms with Gasteiger partial charge in [0.1, 0.15) is 0 Å². The first-order chi connectivity index (χ1) is 16.5. The van der Waals surface area contributed by atoms with Gasteiger partial charge >= 0.3 is 12.2 Å². The lowest BCUT2D eigenvalue weighted by Gasteiger charge is -2.34. The maximum Gasteiger partial charge on any atom is 0.416 e. The number of anilines is 1. The topological polar surface area (TPSA) is 65.0 Å². The molecule has 2 aromatic carbocycles. The second-order valence-corrected chi connectivity index (χ2v) is 9.10. The molecule has 2 aromatic rings. The van der Waals surface area contributed by atoms with Crippen LogP contribution in [0.4, 0.5) is 23.7 Å². The molecule has 0 aromatic heterocycles. The normalized spacial score (nSPS) is 14.5. The highest BCUT2D eigenvalue weighted by Crippen LogP contribution is 2.30.